The van der Waals surface area contributed by atoms with E-state index in [4.69, 9.17) is 28.9 Å². The van der Waals surface area contributed by atoms with Crippen LogP contribution in [0.2, 0.25) is 10.0 Å². The second-order valence-corrected chi connectivity index (χ2v) is 4.76. The molecule has 1 aromatic carbocycles. The molecule has 0 heterocycles. The Morgan fingerprint density at radius 3 is 2.62 bits per heavy atom. The number of halogens is 2. The zero-order valence-electron chi connectivity index (χ0n) is 9.29. The van der Waals surface area contributed by atoms with E-state index in [-0.39, 0.29) is 6.04 Å². The number of benzene rings is 1. The number of rotatable bonds is 5. The molecule has 2 atom stereocenters. The summed E-state index contributed by atoms with van der Waals surface area (Å²) in [5.41, 5.74) is 6.55. The molecule has 0 spiro atoms. The molecule has 0 fully saturated rings. The summed E-state index contributed by atoms with van der Waals surface area (Å²) in [6.45, 7) is 2.09. The van der Waals surface area contributed by atoms with Crippen molar-refractivity contribution in [2.45, 2.75) is 38.3 Å². The zero-order valence-corrected chi connectivity index (χ0v) is 10.8. The Hall–Kier alpha value is -0.280. The van der Waals surface area contributed by atoms with Gasteiger partial charge in [0.2, 0.25) is 0 Å². The molecule has 2 unspecified atom stereocenters. The van der Waals surface area contributed by atoms with E-state index in [9.17, 15) is 5.11 Å². The van der Waals surface area contributed by atoms with Gasteiger partial charge in [0.05, 0.1) is 6.10 Å². The van der Waals surface area contributed by atoms with E-state index in [1.807, 2.05) is 0 Å². The van der Waals surface area contributed by atoms with Crippen molar-refractivity contribution in [3.8, 4) is 0 Å². The number of hydrogen-bond acceptors (Lipinski definition) is 2. The Kier molecular flexibility index (Phi) is 5.56. The Bertz CT molecular complexity index is 344. The van der Waals surface area contributed by atoms with Crippen molar-refractivity contribution in [3.05, 3.63) is 33.8 Å². The van der Waals surface area contributed by atoms with E-state index in [1.165, 1.54) is 0 Å². The normalized spacial score (nSPS) is 14.8. The first-order valence-corrected chi connectivity index (χ1v) is 6.20. The maximum Gasteiger partial charge on any atom is 0.0955 e. The second-order valence-electron chi connectivity index (χ2n) is 3.92. The van der Waals surface area contributed by atoms with Gasteiger partial charge in [-0.05, 0) is 18.6 Å². The molecule has 1 aromatic rings. The third-order valence-corrected chi connectivity index (χ3v) is 3.14. The van der Waals surface area contributed by atoms with Crippen LogP contribution >= 0.6 is 23.2 Å². The standard InChI is InChI=1S/C12H17Cl2NO/c1-2-3-4-11(15)12(16)9-6-5-8(13)7-10(9)14/h5-7,11-12,16H,2-4,15H2,1H3. The highest BCUT2D eigenvalue weighted by Crippen LogP contribution is 2.28. The highest BCUT2D eigenvalue weighted by atomic mass is 35.5. The maximum atomic E-state index is 10.0. The molecule has 1 rings (SSSR count). The van der Waals surface area contributed by atoms with Gasteiger partial charge >= 0.3 is 0 Å². The Morgan fingerprint density at radius 2 is 2.06 bits per heavy atom. The van der Waals surface area contributed by atoms with Gasteiger partial charge in [0.1, 0.15) is 0 Å². The SMILES string of the molecule is CCCCC(N)C(O)c1ccc(Cl)cc1Cl. The lowest BCUT2D eigenvalue weighted by molar-refractivity contribution is 0.141. The van der Waals surface area contributed by atoms with Crippen LogP contribution in [-0.2, 0) is 0 Å². The Balaban J connectivity index is 2.75. The minimum Gasteiger partial charge on any atom is -0.387 e. The topological polar surface area (TPSA) is 46.2 Å². The molecular formula is C12H17Cl2NO. The predicted molar refractivity (Wildman–Crippen MR) is 68.9 cm³/mol. The lowest BCUT2D eigenvalue weighted by Gasteiger charge is -2.20. The minimum atomic E-state index is -0.726. The van der Waals surface area contributed by atoms with Crippen molar-refractivity contribution in [1.82, 2.24) is 0 Å². The first-order chi connectivity index (χ1) is 7.56. The molecule has 0 aliphatic carbocycles. The molecule has 3 N–H and O–H groups in total. The molecule has 0 bridgehead atoms. The van der Waals surface area contributed by atoms with Crippen molar-refractivity contribution in [2.75, 3.05) is 0 Å². The average molecular weight is 262 g/mol. The van der Waals surface area contributed by atoms with Gasteiger partial charge in [-0.25, -0.2) is 0 Å². The fraction of sp³-hybridized carbons (Fsp3) is 0.500. The van der Waals surface area contributed by atoms with Gasteiger partial charge in [-0.2, -0.15) is 0 Å². The summed E-state index contributed by atoms with van der Waals surface area (Å²) in [5, 5.41) is 11.1. The molecule has 4 heteroatoms. The van der Waals surface area contributed by atoms with Crippen LogP contribution in [0.15, 0.2) is 18.2 Å². The molecule has 0 aliphatic rings. The van der Waals surface area contributed by atoms with E-state index in [0.29, 0.717) is 15.6 Å². The van der Waals surface area contributed by atoms with Gasteiger partial charge in [-0.3, -0.25) is 0 Å². The molecule has 90 valence electrons. The van der Waals surface area contributed by atoms with Gasteiger partial charge in [-0.1, -0.05) is 49.0 Å². The highest BCUT2D eigenvalue weighted by molar-refractivity contribution is 6.35. The Morgan fingerprint density at radius 1 is 1.38 bits per heavy atom. The largest absolute Gasteiger partial charge is 0.387 e. The molecule has 0 radical (unpaired) electrons. The summed E-state index contributed by atoms with van der Waals surface area (Å²) >= 11 is 11.8. The first kappa shape index (κ1) is 13.8. The fourth-order valence-corrected chi connectivity index (χ4v) is 2.09. The summed E-state index contributed by atoms with van der Waals surface area (Å²) in [4.78, 5) is 0. The van der Waals surface area contributed by atoms with Gasteiger partial charge in [0, 0.05) is 21.7 Å². The molecule has 16 heavy (non-hydrogen) atoms. The van der Waals surface area contributed by atoms with Crippen LogP contribution < -0.4 is 5.73 Å². The highest BCUT2D eigenvalue weighted by Gasteiger charge is 2.18. The van der Waals surface area contributed by atoms with Crippen molar-refractivity contribution < 1.29 is 5.11 Å². The van der Waals surface area contributed by atoms with Crippen molar-refractivity contribution in [2.24, 2.45) is 5.73 Å². The summed E-state index contributed by atoms with van der Waals surface area (Å²) < 4.78 is 0. The maximum absolute atomic E-state index is 10.0. The number of hydrogen-bond donors (Lipinski definition) is 2. The monoisotopic (exact) mass is 261 g/mol. The third kappa shape index (κ3) is 3.63. The second kappa shape index (κ2) is 6.45. The van der Waals surface area contributed by atoms with E-state index < -0.39 is 6.10 Å². The first-order valence-electron chi connectivity index (χ1n) is 5.44. The fourth-order valence-electron chi connectivity index (χ4n) is 1.57. The molecule has 0 saturated carbocycles. The molecule has 0 saturated heterocycles. The van der Waals surface area contributed by atoms with Crippen LogP contribution in [0.5, 0.6) is 0 Å². The van der Waals surface area contributed by atoms with E-state index in [2.05, 4.69) is 6.92 Å². The van der Waals surface area contributed by atoms with Gasteiger partial charge in [-0.15, -0.1) is 0 Å². The number of nitrogens with two attached hydrogens (primary N) is 1. The summed E-state index contributed by atoms with van der Waals surface area (Å²) in [6.07, 6.45) is 2.13. The number of aliphatic hydroxyl groups excluding tert-OH is 1. The van der Waals surface area contributed by atoms with Crippen molar-refractivity contribution in [3.63, 3.8) is 0 Å². The smallest absolute Gasteiger partial charge is 0.0955 e. The molecule has 2 nitrogen and oxygen atoms in total. The van der Waals surface area contributed by atoms with Crippen LogP contribution in [-0.4, -0.2) is 11.1 Å². The van der Waals surface area contributed by atoms with Crippen molar-refractivity contribution in [1.29, 1.82) is 0 Å². The summed E-state index contributed by atoms with van der Waals surface area (Å²) in [7, 11) is 0. The number of unbranched alkanes of at least 4 members (excludes halogenated alkanes) is 1. The van der Waals surface area contributed by atoms with Crippen LogP contribution in [0.1, 0.15) is 37.9 Å². The third-order valence-electron chi connectivity index (χ3n) is 2.58. The quantitative estimate of drug-likeness (QED) is 0.852. The van der Waals surface area contributed by atoms with E-state index >= 15 is 0 Å². The molecular weight excluding hydrogens is 245 g/mol. The van der Waals surface area contributed by atoms with Gasteiger partial charge in [0.15, 0.2) is 0 Å². The van der Waals surface area contributed by atoms with E-state index in [1.54, 1.807) is 18.2 Å². The van der Waals surface area contributed by atoms with Crippen LogP contribution in [0, 0.1) is 0 Å². The summed E-state index contributed by atoms with van der Waals surface area (Å²) in [5.74, 6) is 0. The van der Waals surface area contributed by atoms with Crippen LogP contribution in [0.3, 0.4) is 0 Å². The molecule has 0 amide bonds. The zero-order chi connectivity index (χ0) is 12.1. The molecule has 0 aromatic heterocycles. The lowest BCUT2D eigenvalue weighted by Crippen LogP contribution is -2.28. The van der Waals surface area contributed by atoms with Crippen LogP contribution in [0.4, 0.5) is 0 Å². The van der Waals surface area contributed by atoms with Gasteiger partial charge < -0.3 is 10.8 Å². The number of aliphatic hydroxyl groups is 1. The Labute approximate surface area is 106 Å². The molecule has 0 aliphatic heterocycles. The minimum absolute atomic E-state index is 0.279. The lowest BCUT2D eigenvalue weighted by atomic mass is 9.98. The van der Waals surface area contributed by atoms with E-state index in [0.717, 1.165) is 19.3 Å². The summed E-state index contributed by atoms with van der Waals surface area (Å²) in [6, 6.07) is 4.77. The van der Waals surface area contributed by atoms with Gasteiger partial charge in [0.25, 0.3) is 0 Å². The van der Waals surface area contributed by atoms with Crippen LogP contribution in [0.25, 0.3) is 0 Å². The van der Waals surface area contributed by atoms with Crippen molar-refractivity contribution >= 4 is 23.2 Å². The average Bonchev–Trinajstić information content (AvgIpc) is 2.25. The predicted octanol–water partition coefficient (Wildman–Crippen LogP) is 3.54.